The Morgan fingerprint density at radius 1 is 1.08 bits per heavy atom. The maximum atomic E-state index is 13.7. The third-order valence-electron chi connectivity index (χ3n) is 6.54. The zero-order valence-corrected chi connectivity index (χ0v) is 24.6. The zero-order chi connectivity index (χ0) is 28.4. The highest BCUT2D eigenvalue weighted by molar-refractivity contribution is 7.89. The van der Waals surface area contributed by atoms with Crippen molar-refractivity contribution in [2.24, 2.45) is 0 Å². The molecule has 39 heavy (non-hydrogen) atoms. The fraction of sp³-hybridized carbons (Fsp3) is 0.481. The summed E-state index contributed by atoms with van der Waals surface area (Å²) in [6.07, 6.45) is 1.55. The first kappa shape index (κ1) is 31.2. The van der Waals surface area contributed by atoms with Crippen LogP contribution in [0.5, 0.6) is 0 Å². The fourth-order valence-electron chi connectivity index (χ4n) is 4.54. The first-order valence-electron chi connectivity index (χ1n) is 12.9. The van der Waals surface area contributed by atoms with Crippen molar-refractivity contribution < 1.29 is 22.7 Å². The lowest BCUT2D eigenvalue weighted by Crippen LogP contribution is -2.52. The number of anilines is 1. The van der Waals surface area contributed by atoms with E-state index in [0.717, 1.165) is 5.56 Å². The van der Waals surface area contributed by atoms with Crippen LogP contribution in [-0.4, -0.2) is 86.2 Å². The molecule has 1 N–H and O–H groups in total. The number of hydrogen-bond donors (Lipinski definition) is 1. The van der Waals surface area contributed by atoms with Crippen molar-refractivity contribution in [1.82, 2.24) is 14.1 Å². The third kappa shape index (κ3) is 9.36. The Morgan fingerprint density at radius 3 is 2.36 bits per heavy atom. The molecule has 3 amide bonds. The second kappa shape index (κ2) is 14.9. The Hall–Kier alpha value is -2.37. The summed E-state index contributed by atoms with van der Waals surface area (Å²) < 4.78 is 32.1. The molecule has 0 spiro atoms. The quantitative estimate of drug-likeness (QED) is 0.381. The van der Waals surface area contributed by atoms with E-state index in [1.807, 2.05) is 12.1 Å². The molecule has 0 unspecified atom stereocenters. The van der Waals surface area contributed by atoms with Crippen molar-refractivity contribution in [2.45, 2.75) is 38.8 Å². The molecule has 0 aliphatic carbocycles. The Morgan fingerprint density at radius 2 is 1.74 bits per heavy atom. The molecule has 0 aromatic heterocycles. The number of halogens is 2. The van der Waals surface area contributed by atoms with Crippen LogP contribution in [0.25, 0.3) is 0 Å². The minimum atomic E-state index is -3.62. The number of sulfonamides is 1. The predicted molar refractivity (Wildman–Crippen MR) is 155 cm³/mol. The van der Waals surface area contributed by atoms with Crippen molar-refractivity contribution in [3.8, 4) is 0 Å². The van der Waals surface area contributed by atoms with Crippen molar-refractivity contribution >= 4 is 50.9 Å². The van der Waals surface area contributed by atoms with Gasteiger partial charge in [-0.05, 0) is 55.2 Å². The van der Waals surface area contributed by atoms with Crippen molar-refractivity contribution in [3.05, 3.63) is 64.1 Å². The molecule has 2 aromatic rings. The number of carbonyl (C=O) groups excluding carboxylic acids is 2. The Bertz CT molecular complexity index is 1220. The van der Waals surface area contributed by atoms with E-state index in [-0.39, 0.29) is 50.0 Å². The van der Waals surface area contributed by atoms with E-state index in [1.165, 1.54) is 11.4 Å². The molecule has 1 saturated heterocycles. The van der Waals surface area contributed by atoms with Gasteiger partial charge in [0.2, 0.25) is 15.9 Å². The number of carbonyl (C=O) groups is 2. The first-order valence-corrected chi connectivity index (χ1v) is 15.3. The predicted octanol–water partition coefficient (Wildman–Crippen LogP) is 4.71. The number of likely N-dealkylation sites (tertiary alicyclic amines) is 1. The Kier molecular flexibility index (Phi) is 11.9. The Labute approximate surface area is 241 Å². The van der Waals surface area contributed by atoms with Gasteiger partial charge in [-0.15, -0.1) is 0 Å². The number of methoxy groups -OCH3 is 1. The molecule has 2 aromatic carbocycles. The smallest absolute Gasteiger partial charge is 0.321 e. The summed E-state index contributed by atoms with van der Waals surface area (Å²) >= 11 is 12.2. The summed E-state index contributed by atoms with van der Waals surface area (Å²) in [6.45, 7) is 2.96. The summed E-state index contributed by atoms with van der Waals surface area (Å²) in [6, 6.07) is 13.8. The van der Waals surface area contributed by atoms with E-state index in [0.29, 0.717) is 48.1 Å². The van der Waals surface area contributed by atoms with Crippen LogP contribution in [0.3, 0.4) is 0 Å². The molecule has 1 aliphatic rings. The molecule has 9 nitrogen and oxygen atoms in total. The minimum Gasteiger partial charge on any atom is -0.383 e. The van der Waals surface area contributed by atoms with E-state index in [9.17, 15) is 18.0 Å². The van der Waals surface area contributed by atoms with Crippen LogP contribution in [-0.2, 0) is 26.1 Å². The maximum absolute atomic E-state index is 13.7. The van der Waals surface area contributed by atoms with Crippen LogP contribution < -0.4 is 5.32 Å². The van der Waals surface area contributed by atoms with E-state index >= 15 is 0 Å². The van der Waals surface area contributed by atoms with Crippen LogP contribution in [0.4, 0.5) is 10.5 Å². The molecular formula is C27H36Cl2N4O5S. The highest BCUT2D eigenvalue weighted by Crippen LogP contribution is 2.23. The second-order valence-corrected chi connectivity index (χ2v) is 12.4. The van der Waals surface area contributed by atoms with Gasteiger partial charge in [0.1, 0.15) is 0 Å². The van der Waals surface area contributed by atoms with Gasteiger partial charge in [0.05, 0.1) is 18.9 Å². The molecule has 0 radical (unpaired) electrons. The minimum absolute atomic E-state index is 0.0432. The number of nitrogens with zero attached hydrogens (tertiary/aromatic N) is 3. The molecule has 0 bridgehead atoms. The molecule has 12 heteroatoms. The van der Waals surface area contributed by atoms with Gasteiger partial charge in [-0.25, -0.2) is 13.2 Å². The maximum Gasteiger partial charge on any atom is 0.321 e. The number of benzene rings is 2. The molecule has 1 fully saturated rings. The first-order chi connectivity index (χ1) is 18.6. The lowest BCUT2D eigenvalue weighted by molar-refractivity contribution is -0.135. The number of piperidine rings is 1. The van der Waals surface area contributed by atoms with Crippen molar-refractivity contribution in [1.29, 1.82) is 0 Å². The molecule has 0 saturated carbocycles. The fourth-order valence-corrected chi connectivity index (χ4v) is 6.38. The number of urea groups is 1. The van der Waals surface area contributed by atoms with Gasteiger partial charge < -0.3 is 19.9 Å². The largest absolute Gasteiger partial charge is 0.383 e. The van der Waals surface area contributed by atoms with E-state index in [1.54, 1.807) is 53.1 Å². The van der Waals surface area contributed by atoms with E-state index in [2.05, 4.69) is 5.32 Å². The van der Waals surface area contributed by atoms with Crippen LogP contribution >= 0.6 is 23.2 Å². The number of ether oxygens (including phenoxy) is 1. The Balaban J connectivity index is 1.74. The zero-order valence-electron chi connectivity index (χ0n) is 22.3. The van der Waals surface area contributed by atoms with Gasteiger partial charge >= 0.3 is 6.03 Å². The van der Waals surface area contributed by atoms with E-state index in [4.69, 9.17) is 27.9 Å². The van der Waals surface area contributed by atoms with Gasteiger partial charge in [-0.2, -0.15) is 4.31 Å². The SMILES string of the molecule is CCCS(=O)(=O)N(CCOC)CC(=O)N(Cc1cccc(Cl)c1)C1CCN(C(=O)Nc2cccc(Cl)c2)CC1. The average Bonchev–Trinajstić information content (AvgIpc) is 2.89. The summed E-state index contributed by atoms with van der Waals surface area (Å²) in [5.41, 5.74) is 1.45. The van der Waals surface area contributed by atoms with Gasteiger partial charge in [0.25, 0.3) is 0 Å². The standard InChI is InChI=1S/C27H36Cl2N4O5S/c1-3-16-39(36,37)32(14-15-38-2)20-26(34)33(19-21-6-4-7-22(28)17-21)25-10-12-31(13-11-25)27(35)30-24-9-5-8-23(29)18-24/h4-9,17-18,25H,3,10-16,19-20H2,1-2H3,(H,30,35). The summed E-state index contributed by atoms with van der Waals surface area (Å²) in [5, 5.41) is 3.95. The van der Waals surface area contributed by atoms with Crippen LogP contribution in [0, 0.1) is 0 Å². The van der Waals surface area contributed by atoms with Gasteiger partial charge in [0.15, 0.2) is 0 Å². The molecule has 1 heterocycles. The van der Waals surface area contributed by atoms with Crippen LogP contribution in [0.15, 0.2) is 48.5 Å². The van der Waals surface area contributed by atoms with Crippen molar-refractivity contribution in [3.63, 3.8) is 0 Å². The number of nitrogens with one attached hydrogen (secondary N) is 1. The van der Waals surface area contributed by atoms with Crippen molar-refractivity contribution in [2.75, 3.05) is 51.0 Å². The summed E-state index contributed by atoms with van der Waals surface area (Å²) in [5.74, 6) is -0.342. The van der Waals surface area contributed by atoms with E-state index < -0.39 is 10.0 Å². The number of amides is 3. The summed E-state index contributed by atoms with van der Waals surface area (Å²) in [7, 11) is -2.13. The average molecular weight is 600 g/mol. The van der Waals surface area contributed by atoms with Gasteiger partial charge in [-0.1, -0.05) is 48.3 Å². The molecular weight excluding hydrogens is 563 g/mol. The lowest BCUT2D eigenvalue weighted by Gasteiger charge is -2.39. The van der Waals surface area contributed by atoms with Gasteiger partial charge in [0, 0.05) is 55.1 Å². The molecule has 3 rings (SSSR count). The highest BCUT2D eigenvalue weighted by atomic mass is 35.5. The van der Waals surface area contributed by atoms with Gasteiger partial charge in [-0.3, -0.25) is 4.79 Å². The number of rotatable bonds is 12. The topological polar surface area (TPSA) is 99.3 Å². The molecule has 0 atom stereocenters. The molecule has 214 valence electrons. The molecule has 1 aliphatic heterocycles. The van der Waals surface area contributed by atoms with Crippen LogP contribution in [0.1, 0.15) is 31.7 Å². The normalized spacial score (nSPS) is 14.4. The summed E-state index contributed by atoms with van der Waals surface area (Å²) in [4.78, 5) is 29.9. The number of hydrogen-bond acceptors (Lipinski definition) is 5. The third-order valence-corrected chi connectivity index (χ3v) is 9.04. The van der Waals surface area contributed by atoms with Crippen LogP contribution in [0.2, 0.25) is 10.0 Å². The second-order valence-electron chi connectivity index (χ2n) is 9.45. The monoisotopic (exact) mass is 598 g/mol. The lowest BCUT2D eigenvalue weighted by atomic mass is 10.0. The highest BCUT2D eigenvalue weighted by Gasteiger charge is 2.32.